The number of hydrogen-bond donors (Lipinski definition) is 1. The second-order valence-electron chi connectivity index (χ2n) is 6.42. The van der Waals surface area contributed by atoms with Crippen LogP contribution in [0.4, 0.5) is 11.4 Å². The van der Waals surface area contributed by atoms with E-state index in [1.807, 2.05) is 0 Å². The lowest BCUT2D eigenvalue weighted by molar-refractivity contribution is -0.384. The Kier molecular flexibility index (Phi) is 5.36. The van der Waals surface area contributed by atoms with E-state index in [1.165, 1.54) is 17.0 Å². The van der Waals surface area contributed by atoms with Crippen LogP contribution < -0.4 is 4.90 Å². The van der Waals surface area contributed by atoms with Gasteiger partial charge in [-0.2, -0.15) is 0 Å². The van der Waals surface area contributed by atoms with Gasteiger partial charge in [-0.05, 0) is 18.9 Å². The number of rotatable bonds is 5. The smallest absolute Gasteiger partial charge is 0.305 e. The van der Waals surface area contributed by atoms with Crippen molar-refractivity contribution >= 4 is 23.3 Å². The van der Waals surface area contributed by atoms with Crippen LogP contribution in [0.15, 0.2) is 18.2 Å². The Morgan fingerprint density at radius 2 is 2.00 bits per heavy atom. The number of carbonyl (C=O) groups excluding carboxylic acids is 1. The zero-order valence-corrected chi connectivity index (χ0v) is 14.3. The normalized spacial score (nSPS) is 20.2. The third kappa shape index (κ3) is 3.62. The van der Waals surface area contributed by atoms with Crippen LogP contribution in [0.25, 0.3) is 0 Å². The van der Waals surface area contributed by atoms with E-state index in [9.17, 15) is 19.7 Å². The third-order valence-electron chi connectivity index (χ3n) is 4.82. The quantitative estimate of drug-likeness (QED) is 0.623. The van der Waals surface area contributed by atoms with Crippen LogP contribution in [0.1, 0.15) is 29.6 Å². The van der Waals surface area contributed by atoms with Gasteiger partial charge >= 0.3 is 5.97 Å². The molecule has 1 N–H and O–H groups in total. The summed E-state index contributed by atoms with van der Waals surface area (Å²) < 4.78 is 5.31. The number of anilines is 1. The van der Waals surface area contributed by atoms with Crippen LogP contribution in [-0.2, 0) is 9.53 Å². The summed E-state index contributed by atoms with van der Waals surface area (Å²) in [6, 6.07) is 4.09. The molecule has 0 spiro atoms. The highest BCUT2D eigenvalue weighted by Gasteiger charge is 2.35. The van der Waals surface area contributed by atoms with Gasteiger partial charge < -0.3 is 19.6 Å². The van der Waals surface area contributed by atoms with Crippen LogP contribution in [0, 0.1) is 10.1 Å². The number of carbonyl (C=O) groups is 2. The fourth-order valence-corrected chi connectivity index (χ4v) is 3.64. The molecule has 9 heteroatoms. The maximum atomic E-state index is 13.1. The van der Waals surface area contributed by atoms with Crippen LogP contribution in [0.3, 0.4) is 0 Å². The third-order valence-corrected chi connectivity index (χ3v) is 4.82. The number of carboxylic acid groups (broad SMARTS) is 1. The molecule has 1 aromatic rings. The van der Waals surface area contributed by atoms with Crippen molar-refractivity contribution in [1.82, 2.24) is 4.90 Å². The average Bonchev–Trinajstić information content (AvgIpc) is 3.08. The Morgan fingerprint density at radius 3 is 2.65 bits per heavy atom. The van der Waals surface area contributed by atoms with Crippen LogP contribution in [0.2, 0.25) is 0 Å². The van der Waals surface area contributed by atoms with Gasteiger partial charge in [0.05, 0.1) is 30.1 Å². The topological polar surface area (TPSA) is 113 Å². The van der Waals surface area contributed by atoms with E-state index in [-0.39, 0.29) is 29.6 Å². The second kappa shape index (κ2) is 7.69. The molecule has 2 fully saturated rings. The molecule has 1 atom stereocenters. The van der Waals surface area contributed by atoms with Crippen molar-refractivity contribution in [3.63, 3.8) is 0 Å². The first-order valence-corrected chi connectivity index (χ1v) is 8.62. The van der Waals surface area contributed by atoms with Crippen LogP contribution in [-0.4, -0.2) is 65.7 Å². The number of amides is 1. The highest BCUT2D eigenvalue weighted by atomic mass is 16.6. The zero-order chi connectivity index (χ0) is 18.7. The predicted octanol–water partition coefficient (Wildman–Crippen LogP) is 1.51. The van der Waals surface area contributed by atoms with E-state index in [0.29, 0.717) is 45.0 Å². The van der Waals surface area contributed by atoms with Crippen molar-refractivity contribution in [2.24, 2.45) is 0 Å². The zero-order valence-electron chi connectivity index (χ0n) is 14.3. The maximum Gasteiger partial charge on any atom is 0.305 e. The number of carboxylic acids is 1. The van der Waals surface area contributed by atoms with Crippen LogP contribution in [0.5, 0.6) is 0 Å². The molecule has 3 rings (SSSR count). The Bertz CT molecular complexity index is 716. The summed E-state index contributed by atoms with van der Waals surface area (Å²) in [6.07, 6.45) is 1.24. The molecular formula is C17H21N3O6. The Hall–Kier alpha value is -2.68. The molecule has 0 saturated carbocycles. The summed E-state index contributed by atoms with van der Waals surface area (Å²) in [5, 5.41) is 20.6. The first kappa shape index (κ1) is 18.1. The number of morpholine rings is 1. The number of hydrogen-bond acceptors (Lipinski definition) is 6. The summed E-state index contributed by atoms with van der Waals surface area (Å²) in [5.74, 6) is -1.30. The van der Waals surface area contributed by atoms with Gasteiger partial charge in [-0.1, -0.05) is 6.07 Å². The number of para-hydroxylation sites is 1. The lowest BCUT2D eigenvalue weighted by Crippen LogP contribution is -2.40. The van der Waals surface area contributed by atoms with Crippen molar-refractivity contribution in [3.05, 3.63) is 33.9 Å². The molecule has 0 aliphatic carbocycles. The standard InChI is InChI=1S/C17H21N3O6/c21-15(22)11-12-3-2-6-19(12)17(23)13-4-1-5-14(20(24)25)16(13)18-7-9-26-10-8-18/h1,4-5,12H,2-3,6-11H2,(H,21,22). The molecule has 2 saturated heterocycles. The molecule has 2 heterocycles. The van der Waals surface area contributed by atoms with Gasteiger partial charge in [0.15, 0.2) is 0 Å². The first-order chi connectivity index (χ1) is 12.5. The van der Waals surface area contributed by atoms with Gasteiger partial charge in [0, 0.05) is 31.7 Å². The largest absolute Gasteiger partial charge is 0.481 e. The van der Waals surface area contributed by atoms with Crippen molar-refractivity contribution in [2.75, 3.05) is 37.7 Å². The van der Waals surface area contributed by atoms with Gasteiger partial charge in [0.1, 0.15) is 5.69 Å². The summed E-state index contributed by atoms with van der Waals surface area (Å²) in [5.41, 5.74) is 0.428. The molecule has 1 amide bonds. The fraction of sp³-hybridized carbons (Fsp3) is 0.529. The van der Waals surface area contributed by atoms with Crippen molar-refractivity contribution in [3.8, 4) is 0 Å². The number of likely N-dealkylation sites (tertiary alicyclic amines) is 1. The number of nitrogens with zero attached hydrogens (tertiary/aromatic N) is 3. The lowest BCUT2D eigenvalue weighted by atomic mass is 10.1. The number of benzene rings is 1. The molecule has 2 aliphatic rings. The molecule has 140 valence electrons. The van der Waals surface area contributed by atoms with E-state index in [1.54, 1.807) is 11.0 Å². The number of aliphatic carboxylic acids is 1. The predicted molar refractivity (Wildman–Crippen MR) is 92.4 cm³/mol. The van der Waals surface area contributed by atoms with E-state index < -0.39 is 10.9 Å². The minimum Gasteiger partial charge on any atom is -0.481 e. The van der Waals surface area contributed by atoms with E-state index in [4.69, 9.17) is 9.84 Å². The monoisotopic (exact) mass is 363 g/mol. The minimum absolute atomic E-state index is 0.118. The highest BCUT2D eigenvalue weighted by molar-refractivity contribution is 6.02. The van der Waals surface area contributed by atoms with E-state index in [2.05, 4.69) is 0 Å². The summed E-state index contributed by atoms with van der Waals surface area (Å²) in [6.45, 7) is 2.26. The molecule has 0 bridgehead atoms. The lowest BCUT2D eigenvalue weighted by Gasteiger charge is -2.31. The molecule has 26 heavy (non-hydrogen) atoms. The average molecular weight is 363 g/mol. The molecule has 0 radical (unpaired) electrons. The van der Waals surface area contributed by atoms with Crippen molar-refractivity contribution in [2.45, 2.75) is 25.3 Å². The Balaban J connectivity index is 1.98. The highest BCUT2D eigenvalue weighted by Crippen LogP contribution is 2.35. The fourth-order valence-electron chi connectivity index (χ4n) is 3.64. The van der Waals surface area contributed by atoms with Crippen molar-refractivity contribution in [1.29, 1.82) is 0 Å². The van der Waals surface area contributed by atoms with Crippen molar-refractivity contribution < 1.29 is 24.4 Å². The molecule has 1 aromatic carbocycles. The Labute approximate surface area is 150 Å². The molecule has 0 aromatic heterocycles. The summed E-state index contributed by atoms with van der Waals surface area (Å²) >= 11 is 0. The SMILES string of the molecule is O=C(O)CC1CCCN1C(=O)c1cccc([N+](=O)[O-])c1N1CCOCC1. The summed E-state index contributed by atoms with van der Waals surface area (Å²) in [4.78, 5) is 38.6. The maximum absolute atomic E-state index is 13.1. The van der Waals surface area contributed by atoms with Gasteiger partial charge in [-0.15, -0.1) is 0 Å². The molecular weight excluding hydrogens is 342 g/mol. The summed E-state index contributed by atoms with van der Waals surface area (Å²) in [7, 11) is 0. The second-order valence-corrected chi connectivity index (χ2v) is 6.42. The van der Waals surface area contributed by atoms with E-state index >= 15 is 0 Å². The number of ether oxygens (including phenoxy) is 1. The molecule has 1 unspecified atom stereocenters. The van der Waals surface area contributed by atoms with Crippen LogP contribution >= 0.6 is 0 Å². The molecule has 9 nitrogen and oxygen atoms in total. The minimum atomic E-state index is -0.956. The number of nitro groups is 1. The van der Waals surface area contributed by atoms with E-state index in [0.717, 1.165) is 6.42 Å². The number of nitro benzene ring substituents is 1. The van der Waals surface area contributed by atoms with Gasteiger partial charge in [0.25, 0.3) is 11.6 Å². The molecule has 2 aliphatic heterocycles. The van der Waals surface area contributed by atoms with Gasteiger partial charge in [-0.3, -0.25) is 19.7 Å². The Morgan fingerprint density at radius 1 is 1.27 bits per heavy atom. The first-order valence-electron chi connectivity index (χ1n) is 8.62. The van der Waals surface area contributed by atoms with Gasteiger partial charge in [0.2, 0.25) is 0 Å². The van der Waals surface area contributed by atoms with Gasteiger partial charge in [-0.25, -0.2) is 0 Å².